The minimum absolute atomic E-state index is 0.273. The van der Waals surface area contributed by atoms with Gasteiger partial charge in [0.25, 0.3) is 0 Å². The topological polar surface area (TPSA) is 44.8 Å². The van der Waals surface area contributed by atoms with Gasteiger partial charge in [0, 0.05) is 19.8 Å². The van der Waals surface area contributed by atoms with Crippen molar-refractivity contribution in [2.24, 2.45) is 0 Å². The van der Waals surface area contributed by atoms with E-state index in [1.165, 1.54) is 38.5 Å². The van der Waals surface area contributed by atoms with Gasteiger partial charge in [-0.2, -0.15) is 0 Å². The van der Waals surface area contributed by atoms with Gasteiger partial charge in [-0.15, -0.1) is 0 Å². The van der Waals surface area contributed by atoms with E-state index in [1.54, 1.807) is 21.1 Å². The molecule has 0 radical (unpaired) electrons. The zero-order valence-electron chi connectivity index (χ0n) is 16.3. The summed E-state index contributed by atoms with van der Waals surface area (Å²) in [4.78, 5) is 11.2. The van der Waals surface area contributed by atoms with Crippen LogP contribution in [0.1, 0.15) is 71.6 Å². The lowest BCUT2D eigenvalue weighted by Crippen LogP contribution is -2.39. The van der Waals surface area contributed by atoms with Gasteiger partial charge in [0.05, 0.1) is 6.61 Å². The summed E-state index contributed by atoms with van der Waals surface area (Å²) in [6.45, 7) is 7.96. The summed E-state index contributed by atoms with van der Waals surface area (Å²) in [5.41, 5.74) is 0.475. The number of carbonyl (C=O) groups is 1. The summed E-state index contributed by atoms with van der Waals surface area (Å²) >= 11 is 0. The summed E-state index contributed by atoms with van der Waals surface area (Å²) in [6.07, 6.45) is 10.7. The molecule has 0 N–H and O–H groups in total. The number of hydrogen-bond donors (Lipinski definition) is 0. The van der Waals surface area contributed by atoms with Gasteiger partial charge in [0.15, 0.2) is 0 Å². The van der Waals surface area contributed by atoms with E-state index < -0.39 is 8.56 Å². The quantitative estimate of drug-likeness (QED) is 0.161. The maximum atomic E-state index is 11.2. The summed E-state index contributed by atoms with van der Waals surface area (Å²) in [7, 11) is 1.71. The van der Waals surface area contributed by atoms with Crippen molar-refractivity contribution in [2.45, 2.75) is 83.7 Å². The minimum atomic E-state index is -1.90. The molecule has 0 saturated carbocycles. The number of hydrogen-bond acceptors (Lipinski definition) is 4. The van der Waals surface area contributed by atoms with Gasteiger partial charge >= 0.3 is 14.5 Å². The SMILES string of the molecule is C=C(C)C(=O)OCCCCCCCCCC[Si](CCC)(OC)OC. The van der Waals surface area contributed by atoms with Gasteiger partial charge in [-0.05, 0) is 25.4 Å². The fraction of sp³-hybridized carbons (Fsp3) is 0.842. The number of ether oxygens (including phenoxy) is 1. The highest BCUT2D eigenvalue weighted by Gasteiger charge is 2.33. The van der Waals surface area contributed by atoms with Gasteiger partial charge < -0.3 is 13.6 Å². The van der Waals surface area contributed by atoms with E-state index in [1.807, 2.05) is 0 Å². The molecule has 4 nitrogen and oxygen atoms in total. The van der Waals surface area contributed by atoms with Crippen LogP contribution in [0, 0.1) is 0 Å². The molecule has 0 aromatic rings. The molecule has 5 heteroatoms. The molecular formula is C19H38O4Si. The lowest BCUT2D eigenvalue weighted by molar-refractivity contribution is -0.139. The van der Waals surface area contributed by atoms with E-state index >= 15 is 0 Å². The zero-order chi connectivity index (χ0) is 18.3. The highest BCUT2D eigenvalue weighted by atomic mass is 28.4. The van der Waals surface area contributed by atoms with Crippen LogP contribution in [-0.2, 0) is 18.4 Å². The molecule has 0 amide bonds. The van der Waals surface area contributed by atoms with Crippen LogP contribution in [0.5, 0.6) is 0 Å². The Morgan fingerprint density at radius 3 is 1.83 bits per heavy atom. The second-order valence-electron chi connectivity index (χ2n) is 6.56. The summed E-state index contributed by atoms with van der Waals surface area (Å²) in [6, 6.07) is 2.21. The molecule has 0 bridgehead atoms. The first-order valence-electron chi connectivity index (χ1n) is 9.44. The average molecular weight is 359 g/mol. The molecule has 0 aliphatic heterocycles. The molecule has 142 valence electrons. The Hall–Kier alpha value is -0.653. The van der Waals surface area contributed by atoms with Gasteiger partial charge in [-0.3, -0.25) is 0 Å². The van der Waals surface area contributed by atoms with Crippen LogP contribution in [0.15, 0.2) is 12.2 Å². The molecule has 0 saturated heterocycles. The predicted molar refractivity (Wildman–Crippen MR) is 102 cm³/mol. The number of carbonyl (C=O) groups excluding carboxylic acids is 1. The van der Waals surface area contributed by atoms with E-state index in [0.717, 1.165) is 31.4 Å². The smallest absolute Gasteiger partial charge is 0.337 e. The number of unbranched alkanes of at least 4 members (excludes halogenated alkanes) is 7. The van der Waals surface area contributed by atoms with Gasteiger partial charge in [-0.1, -0.05) is 64.9 Å². The Kier molecular flexibility index (Phi) is 14.3. The molecule has 0 aliphatic rings. The zero-order valence-corrected chi connectivity index (χ0v) is 17.3. The van der Waals surface area contributed by atoms with Gasteiger partial charge in [-0.25, -0.2) is 4.79 Å². The number of rotatable bonds is 16. The number of esters is 1. The maximum absolute atomic E-state index is 11.2. The Balaban J connectivity index is 3.48. The Bertz CT molecular complexity index is 340. The normalized spacial score (nSPS) is 11.5. The molecule has 0 fully saturated rings. The van der Waals surface area contributed by atoms with E-state index in [2.05, 4.69) is 13.5 Å². The lowest BCUT2D eigenvalue weighted by Gasteiger charge is -2.27. The standard InChI is InChI=1S/C19H38O4Si/c1-6-16-24(21-4,22-5)17-14-12-10-8-7-9-11-13-15-23-19(20)18(2)3/h2,6-17H2,1,3-5H3. The van der Waals surface area contributed by atoms with Crippen molar-refractivity contribution >= 4 is 14.5 Å². The maximum Gasteiger partial charge on any atom is 0.337 e. The molecule has 0 aliphatic carbocycles. The second-order valence-corrected chi connectivity index (χ2v) is 10.2. The third-order valence-corrected chi connectivity index (χ3v) is 8.27. The first-order chi connectivity index (χ1) is 11.5. The third kappa shape index (κ3) is 11.0. The van der Waals surface area contributed by atoms with Crippen LogP contribution in [0.2, 0.25) is 12.1 Å². The molecule has 0 heterocycles. The van der Waals surface area contributed by atoms with Gasteiger partial charge in [0.2, 0.25) is 0 Å². The van der Waals surface area contributed by atoms with Crippen LogP contribution in [0.4, 0.5) is 0 Å². The lowest BCUT2D eigenvalue weighted by atomic mass is 10.1. The van der Waals surface area contributed by atoms with E-state index in [9.17, 15) is 4.79 Å². The van der Waals surface area contributed by atoms with Crippen LogP contribution >= 0.6 is 0 Å². The van der Waals surface area contributed by atoms with Crippen LogP contribution in [0.3, 0.4) is 0 Å². The summed E-state index contributed by atoms with van der Waals surface area (Å²) in [5.74, 6) is -0.273. The third-order valence-electron chi connectivity index (χ3n) is 4.41. The van der Waals surface area contributed by atoms with Crippen LogP contribution < -0.4 is 0 Å². The first kappa shape index (κ1) is 23.3. The van der Waals surface area contributed by atoms with E-state index in [0.29, 0.717) is 12.2 Å². The fourth-order valence-electron chi connectivity index (χ4n) is 2.84. The fourth-order valence-corrected chi connectivity index (χ4v) is 5.63. The monoisotopic (exact) mass is 358 g/mol. The average Bonchev–Trinajstić information content (AvgIpc) is 2.58. The highest BCUT2D eigenvalue weighted by molar-refractivity contribution is 6.67. The van der Waals surface area contributed by atoms with Gasteiger partial charge in [0.1, 0.15) is 0 Å². The molecule has 0 aromatic carbocycles. The molecule has 0 unspecified atom stereocenters. The Morgan fingerprint density at radius 1 is 0.875 bits per heavy atom. The van der Waals surface area contributed by atoms with Crippen molar-refractivity contribution in [3.8, 4) is 0 Å². The Morgan fingerprint density at radius 2 is 1.38 bits per heavy atom. The van der Waals surface area contributed by atoms with Crippen molar-refractivity contribution in [1.29, 1.82) is 0 Å². The molecule has 0 atom stereocenters. The van der Waals surface area contributed by atoms with Crippen molar-refractivity contribution in [1.82, 2.24) is 0 Å². The predicted octanol–water partition coefficient (Wildman–Crippen LogP) is 5.37. The largest absolute Gasteiger partial charge is 0.462 e. The highest BCUT2D eigenvalue weighted by Crippen LogP contribution is 2.23. The van der Waals surface area contributed by atoms with Crippen molar-refractivity contribution in [2.75, 3.05) is 20.8 Å². The van der Waals surface area contributed by atoms with Crippen molar-refractivity contribution in [3.05, 3.63) is 12.2 Å². The minimum Gasteiger partial charge on any atom is -0.462 e. The first-order valence-corrected chi connectivity index (χ1v) is 11.7. The van der Waals surface area contributed by atoms with E-state index in [-0.39, 0.29) is 5.97 Å². The Labute approximate surface area is 150 Å². The molecule has 0 spiro atoms. The van der Waals surface area contributed by atoms with Crippen molar-refractivity contribution in [3.63, 3.8) is 0 Å². The molecule has 0 rings (SSSR count). The second kappa shape index (κ2) is 14.7. The molecule has 24 heavy (non-hydrogen) atoms. The summed E-state index contributed by atoms with van der Waals surface area (Å²) in [5, 5.41) is 0. The van der Waals surface area contributed by atoms with E-state index in [4.69, 9.17) is 13.6 Å². The molecular weight excluding hydrogens is 320 g/mol. The summed E-state index contributed by atoms with van der Waals surface area (Å²) < 4.78 is 16.5. The van der Waals surface area contributed by atoms with Crippen molar-refractivity contribution < 1.29 is 18.4 Å². The molecule has 0 aromatic heterocycles. The van der Waals surface area contributed by atoms with Crippen LogP contribution in [0.25, 0.3) is 0 Å². The van der Waals surface area contributed by atoms with Crippen LogP contribution in [-0.4, -0.2) is 35.4 Å².